The fraction of sp³-hybridized carbons (Fsp3) is 0.417. The van der Waals surface area contributed by atoms with E-state index < -0.39 is 17.2 Å². The van der Waals surface area contributed by atoms with Gasteiger partial charge in [0.15, 0.2) is 17.4 Å². The molecule has 16 heavy (non-hydrogen) atoms. The van der Waals surface area contributed by atoms with E-state index in [-0.39, 0.29) is 17.8 Å². The number of ether oxygens (including phenoxy) is 1. The third-order valence-corrected chi connectivity index (χ3v) is 2.38. The normalized spacial score (nSPS) is 11.6. The molecule has 1 aromatic rings. The molecule has 0 N–H and O–H groups in total. The van der Waals surface area contributed by atoms with Gasteiger partial charge in [-0.2, -0.15) is 0 Å². The van der Waals surface area contributed by atoms with Crippen LogP contribution in [0.3, 0.4) is 0 Å². The number of hydrogen-bond donors (Lipinski definition) is 0. The Morgan fingerprint density at radius 3 is 2.44 bits per heavy atom. The van der Waals surface area contributed by atoms with Gasteiger partial charge in [0.25, 0.3) is 0 Å². The second-order valence-corrected chi connectivity index (χ2v) is 4.19. The lowest BCUT2D eigenvalue weighted by molar-refractivity contribution is 0.0172. The molecule has 0 heterocycles. The summed E-state index contributed by atoms with van der Waals surface area (Å²) in [4.78, 5) is 11.7. The van der Waals surface area contributed by atoms with E-state index in [2.05, 4.69) is 0 Å². The predicted octanol–water partition coefficient (Wildman–Crippen LogP) is 2.96. The van der Waals surface area contributed by atoms with E-state index in [1.165, 1.54) is 13.2 Å². The molecule has 0 radical (unpaired) electrons. The fourth-order valence-electron chi connectivity index (χ4n) is 1.23. The number of methoxy groups -OCH3 is 1. The van der Waals surface area contributed by atoms with E-state index in [4.69, 9.17) is 4.74 Å². The van der Waals surface area contributed by atoms with Crippen molar-refractivity contribution in [2.24, 2.45) is 0 Å². The summed E-state index contributed by atoms with van der Waals surface area (Å²) in [7, 11) is 1.50. The number of benzene rings is 1. The Kier molecular flexibility index (Phi) is 3.75. The summed E-state index contributed by atoms with van der Waals surface area (Å²) < 4.78 is 30.6. The Morgan fingerprint density at radius 1 is 1.31 bits per heavy atom. The molecule has 0 saturated carbocycles. The van der Waals surface area contributed by atoms with E-state index >= 15 is 0 Å². The molecule has 0 saturated heterocycles. The molecule has 88 valence electrons. The first kappa shape index (κ1) is 12.8. The number of carbonyl (C=O) groups excluding carboxylic acids is 1. The lowest BCUT2D eigenvalue weighted by Crippen LogP contribution is -2.26. The first-order valence-electron chi connectivity index (χ1n) is 4.89. The minimum atomic E-state index is -1.01. The SMILES string of the molecule is COC(C)(C)CC(=O)c1ccc(F)c(F)c1. The molecule has 0 aliphatic carbocycles. The van der Waals surface area contributed by atoms with Crippen molar-refractivity contribution in [2.45, 2.75) is 25.9 Å². The molecule has 0 unspecified atom stereocenters. The van der Waals surface area contributed by atoms with Gasteiger partial charge in [-0.25, -0.2) is 8.78 Å². The van der Waals surface area contributed by atoms with Crippen molar-refractivity contribution >= 4 is 5.78 Å². The van der Waals surface area contributed by atoms with Crippen molar-refractivity contribution in [1.29, 1.82) is 0 Å². The average molecular weight is 228 g/mol. The van der Waals surface area contributed by atoms with Crippen LogP contribution in [-0.2, 0) is 4.74 Å². The van der Waals surface area contributed by atoms with Crippen molar-refractivity contribution in [2.75, 3.05) is 7.11 Å². The van der Waals surface area contributed by atoms with Crippen LogP contribution in [0.5, 0.6) is 0 Å². The molecule has 1 aromatic carbocycles. The third kappa shape index (κ3) is 3.10. The minimum Gasteiger partial charge on any atom is -0.378 e. The largest absolute Gasteiger partial charge is 0.378 e. The van der Waals surface area contributed by atoms with Crippen molar-refractivity contribution in [3.63, 3.8) is 0 Å². The molecule has 0 aliphatic heterocycles. The monoisotopic (exact) mass is 228 g/mol. The van der Waals surface area contributed by atoms with E-state index in [0.717, 1.165) is 12.1 Å². The van der Waals surface area contributed by atoms with Crippen molar-refractivity contribution < 1.29 is 18.3 Å². The molecule has 4 heteroatoms. The van der Waals surface area contributed by atoms with E-state index in [1.807, 2.05) is 0 Å². The quantitative estimate of drug-likeness (QED) is 0.740. The molecule has 0 fully saturated rings. The van der Waals surface area contributed by atoms with Gasteiger partial charge >= 0.3 is 0 Å². The zero-order valence-electron chi connectivity index (χ0n) is 9.51. The number of ketones is 1. The maximum atomic E-state index is 12.9. The summed E-state index contributed by atoms with van der Waals surface area (Å²) in [6.45, 7) is 3.51. The highest BCUT2D eigenvalue weighted by Crippen LogP contribution is 2.18. The highest BCUT2D eigenvalue weighted by atomic mass is 19.2. The van der Waals surface area contributed by atoms with Gasteiger partial charge in [-0.1, -0.05) is 0 Å². The van der Waals surface area contributed by atoms with Crippen LogP contribution >= 0.6 is 0 Å². The molecule has 1 rings (SSSR count). The Morgan fingerprint density at radius 2 is 1.94 bits per heavy atom. The smallest absolute Gasteiger partial charge is 0.165 e. The van der Waals surface area contributed by atoms with Crippen molar-refractivity contribution in [1.82, 2.24) is 0 Å². The molecule has 0 atom stereocenters. The summed E-state index contributed by atoms with van der Waals surface area (Å²) >= 11 is 0. The van der Waals surface area contributed by atoms with Gasteiger partial charge in [0.2, 0.25) is 0 Å². The topological polar surface area (TPSA) is 26.3 Å². The van der Waals surface area contributed by atoms with Crippen LogP contribution in [0.2, 0.25) is 0 Å². The van der Waals surface area contributed by atoms with Gasteiger partial charge in [-0.15, -0.1) is 0 Å². The number of rotatable bonds is 4. The molecule has 0 amide bonds. The van der Waals surface area contributed by atoms with Gasteiger partial charge < -0.3 is 4.74 Å². The van der Waals surface area contributed by atoms with Crippen molar-refractivity contribution in [3.8, 4) is 0 Å². The third-order valence-electron chi connectivity index (χ3n) is 2.38. The van der Waals surface area contributed by atoms with E-state index in [9.17, 15) is 13.6 Å². The Hall–Kier alpha value is -1.29. The predicted molar refractivity (Wildman–Crippen MR) is 56.4 cm³/mol. The first-order valence-corrected chi connectivity index (χ1v) is 4.89. The Bertz CT molecular complexity index is 400. The summed E-state index contributed by atoms with van der Waals surface area (Å²) in [5, 5.41) is 0. The molecule has 0 spiro atoms. The summed E-state index contributed by atoms with van der Waals surface area (Å²) in [5.41, 5.74) is -0.453. The van der Waals surface area contributed by atoms with Crippen LogP contribution in [-0.4, -0.2) is 18.5 Å². The zero-order valence-corrected chi connectivity index (χ0v) is 9.51. The second-order valence-electron chi connectivity index (χ2n) is 4.19. The maximum absolute atomic E-state index is 12.9. The van der Waals surface area contributed by atoms with Gasteiger partial charge in [-0.05, 0) is 32.0 Å². The second kappa shape index (κ2) is 4.70. The van der Waals surface area contributed by atoms with Crippen LogP contribution in [0.4, 0.5) is 8.78 Å². The number of carbonyl (C=O) groups is 1. The number of halogens is 2. The molecule has 0 aromatic heterocycles. The average Bonchev–Trinajstić information content (AvgIpc) is 2.21. The van der Waals surface area contributed by atoms with E-state index in [1.54, 1.807) is 13.8 Å². The summed E-state index contributed by atoms with van der Waals surface area (Å²) in [6, 6.07) is 3.12. The lowest BCUT2D eigenvalue weighted by Gasteiger charge is -2.21. The summed E-state index contributed by atoms with van der Waals surface area (Å²) in [6.07, 6.45) is 0.120. The van der Waals surface area contributed by atoms with Gasteiger partial charge in [0.05, 0.1) is 5.60 Å². The van der Waals surface area contributed by atoms with Crippen LogP contribution < -0.4 is 0 Å². The minimum absolute atomic E-state index is 0.120. The number of hydrogen-bond acceptors (Lipinski definition) is 2. The van der Waals surface area contributed by atoms with Gasteiger partial charge in [0, 0.05) is 19.1 Å². The summed E-state index contributed by atoms with van der Waals surface area (Å²) in [5.74, 6) is -2.24. The van der Waals surface area contributed by atoms with Crippen molar-refractivity contribution in [3.05, 3.63) is 35.4 Å². The highest BCUT2D eigenvalue weighted by molar-refractivity contribution is 5.96. The molecule has 0 bridgehead atoms. The zero-order chi connectivity index (χ0) is 12.3. The van der Waals surface area contributed by atoms with Crippen LogP contribution in [0, 0.1) is 11.6 Å². The van der Waals surface area contributed by atoms with Gasteiger partial charge in [0.1, 0.15) is 0 Å². The van der Waals surface area contributed by atoms with Crippen LogP contribution in [0.25, 0.3) is 0 Å². The standard InChI is InChI=1S/C12H14F2O2/c1-12(2,16-3)7-11(15)8-4-5-9(13)10(14)6-8/h4-6H,7H2,1-3H3. The first-order chi connectivity index (χ1) is 7.35. The van der Waals surface area contributed by atoms with Crippen LogP contribution in [0.15, 0.2) is 18.2 Å². The fourth-order valence-corrected chi connectivity index (χ4v) is 1.23. The number of Topliss-reactive ketones (excluding diaryl/α,β-unsaturated/α-hetero) is 1. The highest BCUT2D eigenvalue weighted by Gasteiger charge is 2.22. The maximum Gasteiger partial charge on any atom is 0.165 e. The molecular weight excluding hydrogens is 214 g/mol. The molecular formula is C12H14F2O2. The molecule has 0 aliphatic rings. The lowest BCUT2D eigenvalue weighted by atomic mass is 9.97. The Labute approximate surface area is 93.2 Å². The van der Waals surface area contributed by atoms with Gasteiger partial charge in [-0.3, -0.25) is 4.79 Å². The molecule has 2 nitrogen and oxygen atoms in total. The Balaban J connectivity index is 2.85. The van der Waals surface area contributed by atoms with E-state index in [0.29, 0.717) is 0 Å². The van der Waals surface area contributed by atoms with Crippen LogP contribution in [0.1, 0.15) is 30.6 Å².